The normalized spacial score (nSPS) is 10.4. The van der Waals surface area contributed by atoms with E-state index in [1.807, 2.05) is 6.07 Å². The molecule has 1 aromatic rings. The fourth-order valence-electron chi connectivity index (χ4n) is 1.67. The third-order valence-corrected chi connectivity index (χ3v) is 2.79. The van der Waals surface area contributed by atoms with E-state index in [-0.39, 0.29) is 0 Å². The molecular formula is C12H20N2O. The van der Waals surface area contributed by atoms with Gasteiger partial charge in [0.15, 0.2) is 0 Å². The molecule has 0 bridgehead atoms. The van der Waals surface area contributed by atoms with Crippen molar-refractivity contribution in [2.24, 2.45) is 5.73 Å². The van der Waals surface area contributed by atoms with E-state index < -0.39 is 0 Å². The standard InChI is InChI=1S/C12H20N2O/c1-9-10(2)12(15-3)5-4-11(9)6-7-14-8-13/h4-5,14H,6-8,13H2,1-3H3. The van der Waals surface area contributed by atoms with Crippen molar-refractivity contribution in [1.29, 1.82) is 0 Å². The smallest absolute Gasteiger partial charge is 0.122 e. The number of benzene rings is 1. The van der Waals surface area contributed by atoms with Gasteiger partial charge < -0.3 is 15.8 Å². The molecule has 84 valence electrons. The van der Waals surface area contributed by atoms with Gasteiger partial charge in [0.05, 0.1) is 7.11 Å². The number of ether oxygens (including phenoxy) is 1. The zero-order chi connectivity index (χ0) is 11.3. The predicted octanol–water partition coefficient (Wildman–Crippen LogP) is 1.36. The minimum atomic E-state index is 0.536. The second-order valence-corrected chi connectivity index (χ2v) is 3.63. The molecule has 15 heavy (non-hydrogen) atoms. The van der Waals surface area contributed by atoms with Crippen molar-refractivity contribution in [3.8, 4) is 5.75 Å². The molecule has 0 heterocycles. The van der Waals surface area contributed by atoms with Gasteiger partial charge in [0.25, 0.3) is 0 Å². The number of nitrogens with two attached hydrogens (primary N) is 1. The Labute approximate surface area is 91.6 Å². The van der Waals surface area contributed by atoms with E-state index in [9.17, 15) is 0 Å². The molecular weight excluding hydrogens is 188 g/mol. The number of methoxy groups -OCH3 is 1. The molecule has 0 saturated carbocycles. The minimum absolute atomic E-state index is 0.536. The van der Waals surface area contributed by atoms with Gasteiger partial charge in [-0.25, -0.2) is 0 Å². The van der Waals surface area contributed by atoms with E-state index in [0.717, 1.165) is 18.7 Å². The topological polar surface area (TPSA) is 47.3 Å². The highest BCUT2D eigenvalue weighted by Crippen LogP contribution is 2.23. The van der Waals surface area contributed by atoms with Crippen molar-refractivity contribution < 1.29 is 4.74 Å². The first-order valence-electron chi connectivity index (χ1n) is 5.24. The fourth-order valence-corrected chi connectivity index (χ4v) is 1.67. The molecule has 3 N–H and O–H groups in total. The van der Waals surface area contributed by atoms with Crippen LogP contribution in [-0.4, -0.2) is 20.3 Å². The molecule has 0 atom stereocenters. The molecule has 3 nitrogen and oxygen atoms in total. The summed E-state index contributed by atoms with van der Waals surface area (Å²) in [7, 11) is 1.71. The van der Waals surface area contributed by atoms with Crippen LogP contribution in [0.15, 0.2) is 12.1 Å². The lowest BCUT2D eigenvalue weighted by atomic mass is 10.00. The summed E-state index contributed by atoms with van der Waals surface area (Å²) in [4.78, 5) is 0. The van der Waals surface area contributed by atoms with Gasteiger partial charge in [0.1, 0.15) is 5.75 Å². The predicted molar refractivity (Wildman–Crippen MR) is 63.2 cm³/mol. The largest absolute Gasteiger partial charge is 0.496 e. The maximum atomic E-state index is 5.38. The molecule has 3 heteroatoms. The maximum absolute atomic E-state index is 5.38. The van der Waals surface area contributed by atoms with Gasteiger partial charge in [-0.05, 0) is 43.0 Å². The molecule has 0 aliphatic carbocycles. The van der Waals surface area contributed by atoms with Gasteiger partial charge in [0, 0.05) is 13.2 Å². The Hall–Kier alpha value is -1.06. The Morgan fingerprint density at radius 3 is 2.60 bits per heavy atom. The summed E-state index contributed by atoms with van der Waals surface area (Å²) in [6.45, 7) is 5.68. The van der Waals surface area contributed by atoms with E-state index in [4.69, 9.17) is 10.5 Å². The summed E-state index contributed by atoms with van der Waals surface area (Å²) in [5.74, 6) is 0.961. The Morgan fingerprint density at radius 1 is 1.27 bits per heavy atom. The van der Waals surface area contributed by atoms with Crippen LogP contribution in [0.3, 0.4) is 0 Å². The summed E-state index contributed by atoms with van der Waals surface area (Å²) in [6, 6.07) is 4.15. The molecule has 0 spiro atoms. The van der Waals surface area contributed by atoms with Crippen LogP contribution in [0.25, 0.3) is 0 Å². The van der Waals surface area contributed by atoms with Crippen molar-refractivity contribution in [3.63, 3.8) is 0 Å². The maximum Gasteiger partial charge on any atom is 0.122 e. The first kappa shape index (κ1) is 12.0. The van der Waals surface area contributed by atoms with Crippen LogP contribution >= 0.6 is 0 Å². The van der Waals surface area contributed by atoms with E-state index in [1.165, 1.54) is 16.7 Å². The quantitative estimate of drug-likeness (QED) is 0.567. The van der Waals surface area contributed by atoms with Gasteiger partial charge in [-0.3, -0.25) is 0 Å². The Balaban J connectivity index is 2.77. The molecule has 0 unspecified atom stereocenters. The van der Waals surface area contributed by atoms with E-state index in [0.29, 0.717) is 6.67 Å². The Morgan fingerprint density at radius 2 is 2.00 bits per heavy atom. The van der Waals surface area contributed by atoms with Crippen molar-refractivity contribution >= 4 is 0 Å². The second kappa shape index (κ2) is 5.73. The molecule has 0 aliphatic rings. The zero-order valence-electron chi connectivity index (χ0n) is 9.76. The van der Waals surface area contributed by atoms with Crippen molar-refractivity contribution in [2.45, 2.75) is 20.3 Å². The Bertz CT molecular complexity index is 324. The summed E-state index contributed by atoms with van der Waals surface area (Å²) in [5.41, 5.74) is 9.27. The molecule has 0 aliphatic heterocycles. The molecule has 0 saturated heterocycles. The van der Waals surface area contributed by atoms with E-state index >= 15 is 0 Å². The first-order valence-corrected chi connectivity index (χ1v) is 5.24. The van der Waals surface area contributed by atoms with Crippen molar-refractivity contribution in [2.75, 3.05) is 20.3 Å². The third-order valence-electron chi connectivity index (χ3n) is 2.79. The van der Waals surface area contributed by atoms with Crippen LogP contribution in [0.1, 0.15) is 16.7 Å². The monoisotopic (exact) mass is 208 g/mol. The average Bonchev–Trinajstić information content (AvgIpc) is 2.25. The summed E-state index contributed by atoms with van der Waals surface area (Å²) in [5, 5.41) is 3.12. The highest BCUT2D eigenvalue weighted by atomic mass is 16.5. The van der Waals surface area contributed by atoms with Crippen LogP contribution in [0.4, 0.5) is 0 Å². The third kappa shape index (κ3) is 2.94. The molecule has 0 radical (unpaired) electrons. The van der Waals surface area contributed by atoms with Crippen LogP contribution in [0.2, 0.25) is 0 Å². The number of rotatable bonds is 5. The van der Waals surface area contributed by atoms with Gasteiger partial charge in [-0.15, -0.1) is 0 Å². The number of nitrogens with one attached hydrogen (secondary N) is 1. The lowest BCUT2D eigenvalue weighted by molar-refractivity contribution is 0.411. The molecule has 1 aromatic carbocycles. The van der Waals surface area contributed by atoms with Gasteiger partial charge in [0.2, 0.25) is 0 Å². The molecule has 1 rings (SSSR count). The highest BCUT2D eigenvalue weighted by molar-refractivity contribution is 5.43. The lowest BCUT2D eigenvalue weighted by Crippen LogP contribution is -2.24. The van der Waals surface area contributed by atoms with Crippen molar-refractivity contribution in [3.05, 3.63) is 28.8 Å². The summed E-state index contributed by atoms with van der Waals surface area (Å²) >= 11 is 0. The van der Waals surface area contributed by atoms with E-state index in [2.05, 4.69) is 25.2 Å². The SMILES string of the molecule is COc1ccc(CCNCN)c(C)c1C. The fraction of sp³-hybridized carbons (Fsp3) is 0.500. The Kier molecular flexibility index (Phi) is 4.59. The minimum Gasteiger partial charge on any atom is -0.496 e. The van der Waals surface area contributed by atoms with Crippen LogP contribution in [0.5, 0.6) is 5.75 Å². The number of hydrogen-bond donors (Lipinski definition) is 2. The van der Waals surface area contributed by atoms with E-state index in [1.54, 1.807) is 7.11 Å². The van der Waals surface area contributed by atoms with Gasteiger partial charge in [-0.1, -0.05) is 6.07 Å². The molecule has 0 aromatic heterocycles. The van der Waals surface area contributed by atoms with Crippen LogP contribution in [0, 0.1) is 13.8 Å². The van der Waals surface area contributed by atoms with Crippen LogP contribution < -0.4 is 15.8 Å². The average molecular weight is 208 g/mol. The summed E-state index contributed by atoms with van der Waals surface area (Å²) in [6.07, 6.45) is 1.01. The zero-order valence-corrected chi connectivity index (χ0v) is 9.76. The molecule has 0 amide bonds. The van der Waals surface area contributed by atoms with Gasteiger partial charge >= 0.3 is 0 Å². The lowest BCUT2D eigenvalue weighted by Gasteiger charge is -2.12. The van der Waals surface area contributed by atoms with Crippen LogP contribution in [-0.2, 0) is 6.42 Å². The molecule has 0 fully saturated rings. The number of hydrogen-bond acceptors (Lipinski definition) is 3. The van der Waals surface area contributed by atoms with Crippen molar-refractivity contribution in [1.82, 2.24) is 5.32 Å². The first-order chi connectivity index (χ1) is 7.20. The highest BCUT2D eigenvalue weighted by Gasteiger charge is 2.05. The van der Waals surface area contributed by atoms with Gasteiger partial charge in [-0.2, -0.15) is 0 Å². The second-order valence-electron chi connectivity index (χ2n) is 3.63. The summed E-state index contributed by atoms with van der Waals surface area (Å²) < 4.78 is 5.27.